The third-order valence-corrected chi connectivity index (χ3v) is 5.92. The molecule has 3 aromatic heterocycles. The Hall–Kier alpha value is -3.90. The molecule has 0 bridgehead atoms. The Morgan fingerprint density at radius 1 is 0.909 bits per heavy atom. The summed E-state index contributed by atoms with van der Waals surface area (Å²) in [5.41, 5.74) is 15.6. The Morgan fingerprint density at radius 2 is 1.76 bits per heavy atom. The molecule has 0 saturated heterocycles. The second kappa shape index (κ2) is 8.92. The van der Waals surface area contributed by atoms with Gasteiger partial charge in [0.1, 0.15) is 5.65 Å². The maximum Gasteiger partial charge on any atom is 0.138 e. The van der Waals surface area contributed by atoms with E-state index in [1.165, 1.54) is 11.1 Å². The van der Waals surface area contributed by atoms with E-state index >= 15 is 0 Å². The molecule has 2 aromatic carbocycles. The topological polar surface area (TPSA) is 86.6 Å². The zero-order valence-corrected chi connectivity index (χ0v) is 19.0. The summed E-state index contributed by atoms with van der Waals surface area (Å²) >= 11 is 0. The van der Waals surface area contributed by atoms with E-state index in [4.69, 9.17) is 5.73 Å². The van der Waals surface area contributed by atoms with Crippen LogP contribution in [0, 0.1) is 0 Å². The van der Waals surface area contributed by atoms with Crippen LogP contribution < -0.4 is 5.73 Å². The number of hydrogen-bond acceptors (Lipinski definition) is 4. The van der Waals surface area contributed by atoms with Crippen LogP contribution in [0.15, 0.2) is 73.1 Å². The average molecular weight is 437 g/mol. The van der Waals surface area contributed by atoms with Crippen LogP contribution in [0.5, 0.6) is 0 Å². The maximum atomic E-state index is 5.82. The smallest absolute Gasteiger partial charge is 0.138 e. The molecule has 3 heterocycles. The largest absolute Gasteiger partial charge is 0.399 e. The van der Waals surface area contributed by atoms with E-state index in [0.29, 0.717) is 0 Å². The van der Waals surface area contributed by atoms with E-state index in [-0.39, 0.29) is 0 Å². The Labute approximate surface area is 193 Å². The minimum Gasteiger partial charge on any atom is -0.399 e. The van der Waals surface area contributed by atoms with Crippen molar-refractivity contribution in [1.82, 2.24) is 25.1 Å². The number of rotatable bonds is 7. The molecule has 5 rings (SSSR count). The second-order valence-corrected chi connectivity index (χ2v) is 8.75. The van der Waals surface area contributed by atoms with Gasteiger partial charge in [0.15, 0.2) is 0 Å². The first-order chi connectivity index (χ1) is 16.1. The van der Waals surface area contributed by atoms with Crippen molar-refractivity contribution in [2.24, 2.45) is 0 Å². The van der Waals surface area contributed by atoms with Gasteiger partial charge in [-0.15, -0.1) is 0 Å². The fourth-order valence-corrected chi connectivity index (χ4v) is 4.31. The lowest BCUT2D eigenvalue weighted by Crippen LogP contribution is -2.10. The highest BCUT2D eigenvalue weighted by Gasteiger charge is 2.14. The van der Waals surface area contributed by atoms with Crippen LogP contribution in [0.3, 0.4) is 0 Å². The minimum absolute atomic E-state index is 0.788. The fraction of sp³-hybridized carbons (Fsp3) is 0.185. The molecular weight excluding hydrogens is 408 g/mol. The van der Waals surface area contributed by atoms with Gasteiger partial charge in [-0.25, -0.2) is 4.98 Å². The highest BCUT2D eigenvalue weighted by molar-refractivity contribution is 5.96. The number of aryl methyl sites for hydroxylation is 2. The number of pyridine rings is 1. The Morgan fingerprint density at radius 3 is 2.58 bits per heavy atom. The first kappa shape index (κ1) is 21.0. The molecule has 6 nitrogen and oxygen atoms in total. The molecule has 0 atom stereocenters. The van der Waals surface area contributed by atoms with Crippen LogP contribution in [0.1, 0.15) is 16.8 Å². The fourth-order valence-electron chi connectivity index (χ4n) is 4.31. The van der Waals surface area contributed by atoms with Gasteiger partial charge in [-0.2, -0.15) is 5.10 Å². The van der Waals surface area contributed by atoms with E-state index in [2.05, 4.69) is 87.7 Å². The standard InChI is InChI=1S/C27H28N6/c1-33(2)17-19-4-3-5-20(14-19)26-15-23-22(12-13-29-27(23)31-26)24-16-30-32-25(24)11-8-18-6-9-21(28)10-7-18/h3-7,9-10,12-16H,8,11,17,28H2,1-2H3,(H,29,31)(H,30,32). The van der Waals surface area contributed by atoms with Crippen molar-refractivity contribution in [3.05, 3.63) is 89.9 Å². The molecule has 4 N–H and O–H groups in total. The number of aromatic nitrogens is 4. The van der Waals surface area contributed by atoms with Crippen LogP contribution >= 0.6 is 0 Å². The SMILES string of the molecule is CN(C)Cc1cccc(-c2cc3c(-c4cn[nH]c4CCc4ccc(N)cc4)ccnc3[nH]2)c1. The molecule has 5 aromatic rings. The summed E-state index contributed by atoms with van der Waals surface area (Å²) in [5.74, 6) is 0. The third-order valence-electron chi connectivity index (χ3n) is 5.92. The number of nitrogen functional groups attached to an aromatic ring is 1. The average Bonchev–Trinajstić information content (AvgIpc) is 3.45. The molecule has 0 amide bonds. The molecule has 33 heavy (non-hydrogen) atoms. The molecule has 6 heteroatoms. The van der Waals surface area contributed by atoms with Gasteiger partial charge >= 0.3 is 0 Å². The lowest BCUT2D eigenvalue weighted by molar-refractivity contribution is 0.402. The molecule has 0 saturated carbocycles. The van der Waals surface area contributed by atoms with Crippen molar-refractivity contribution in [2.75, 3.05) is 19.8 Å². The Balaban J connectivity index is 1.46. The van der Waals surface area contributed by atoms with Crippen molar-refractivity contribution in [3.63, 3.8) is 0 Å². The van der Waals surface area contributed by atoms with E-state index in [1.807, 2.05) is 24.5 Å². The highest BCUT2D eigenvalue weighted by atomic mass is 15.1. The molecule has 0 radical (unpaired) electrons. The zero-order chi connectivity index (χ0) is 22.8. The molecule has 0 aliphatic rings. The van der Waals surface area contributed by atoms with Crippen molar-refractivity contribution >= 4 is 16.7 Å². The van der Waals surface area contributed by atoms with Crippen LogP contribution in [0.2, 0.25) is 0 Å². The van der Waals surface area contributed by atoms with Gasteiger partial charge in [-0.1, -0.05) is 30.3 Å². The molecule has 0 aliphatic carbocycles. The summed E-state index contributed by atoms with van der Waals surface area (Å²) in [6.45, 7) is 0.907. The summed E-state index contributed by atoms with van der Waals surface area (Å²) < 4.78 is 0. The number of nitrogens with zero attached hydrogens (tertiary/aromatic N) is 3. The lowest BCUT2D eigenvalue weighted by Gasteiger charge is -2.10. The van der Waals surface area contributed by atoms with Crippen LogP contribution in [0.25, 0.3) is 33.4 Å². The summed E-state index contributed by atoms with van der Waals surface area (Å²) in [4.78, 5) is 10.3. The summed E-state index contributed by atoms with van der Waals surface area (Å²) in [6, 6.07) is 21.0. The molecular formula is C27H28N6. The van der Waals surface area contributed by atoms with Gasteiger partial charge in [0.2, 0.25) is 0 Å². The zero-order valence-electron chi connectivity index (χ0n) is 19.0. The number of benzene rings is 2. The van der Waals surface area contributed by atoms with Gasteiger partial charge < -0.3 is 15.6 Å². The van der Waals surface area contributed by atoms with Crippen LogP contribution in [-0.2, 0) is 19.4 Å². The van der Waals surface area contributed by atoms with E-state index < -0.39 is 0 Å². The number of hydrogen-bond donors (Lipinski definition) is 3. The van der Waals surface area contributed by atoms with Crippen molar-refractivity contribution in [2.45, 2.75) is 19.4 Å². The number of nitrogens with one attached hydrogen (secondary N) is 2. The Bertz CT molecular complexity index is 1380. The molecule has 0 aliphatic heterocycles. The quantitative estimate of drug-likeness (QED) is 0.312. The number of aromatic amines is 2. The molecule has 0 fully saturated rings. The third kappa shape index (κ3) is 4.52. The molecule has 0 spiro atoms. The Kier molecular flexibility index (Phi) is 5.67. The predicted molar refractivity (Wildman–Crippen MR) is 135 cm³/mol. The van der Waals surface area contributed by atoms with Gasteiger partial charge in [-0.3, -0.25) is 5.10 Å². The van der Waals surface area contributed by atoms with E-state index in [9.17, 15) is 0 Å². The number of H-pyrrole nitrogens is 2. The second-order valence-electron chi connectivity index (χ2n) is 8.75. The monoisotopic (exact) mass is 436 g/mol. The predicted octanol–water partition coefficient (Wildman–Crippen LogP) is 5.05. The van der Waals surface area contributed by atoms with Crippen molar-refractivity contribution in [1.29, 1.82) is 0 Å². The van der Waals surface area contributed by atoms with Gasteiger partial charge in [0.25, 0.3) is 0 Å². The number of fused-ring (bicyclic) bond motifs is 1. The van der Waals surface area contributed by atoms with Crippen LogP contribution in [-0.4, -0.2) is 39.2 Å². The number of nitrogens with two attached hydrogens (primary N) is 1. The highest BCUT2D eigenvalue weighted by Crippen LogP contribution is 2.33. The minimum atomic E-state index is 0.788. The number of anilines is 1. The lowest BCUT2D eigenvalue weighted by atomic mass is 10.00. The summed E-state index contributed by atoms with van der Waals surface area (Å²) in [6.07, 6.45) is 5.56. The summed E-state index contributed by atoms with van der Waals surface area (Å²) in [7, 11) is 4.17. The van der Waals surface area contributed by atoms with Gasteiger partial charge in [0, 0.05) is 40.8 Å². The first-order valence-corrected chi connectivity index (χ1v) is 11.2. The van der Waals surface area contributed by atoms with E-state index in [0.717, 1.165) is 64.2 Å². The van der Waals surface area contributed by atoms with Crippen LogP contribution in [0.4, 0.5) is 5.69 Å². The van der Waals surface area contributed by atoms with Crippen molar-refractivity contribution in [3.8, 4) is 22.4 Å². The molecule has 0 unspecified atom stereocenters. The first-order valence-electron chi connectivity index (χ1n) is 11.2. The van der Waals surface area contributed by atoms with Crippen molar-refractivity contribution < 1.29 is 0 Å². The maximum absolute atomic E-state index is 5.82. The molecule has 166 valence electrons. The summed E-state index contributed by atoms with van der Waals surface area (Å²) in [5, 5.41) is 8.66. The van der Waals surface area contributed by atoms with E-state index in [1.54, 1.807) is 0 Å². The normalized spacial score (nSPS) is 11.5. The van der Waals surface area contributed by atoms with Gasteiger partial charge in [-0.05, 0) is 79.5 Å². The van der Waals surface area contributed by atoms with Gasteiger partial charge in [0.05, 0.1) is 6.20 Å².